The van der Waals surface area contributed by atoms with Gasteiger partial charge in [-0.25, -0.2) is 5.84 Å². The van der Waals surface area contributed by atoms with Crippen molar-refractivity contribution < 1.29 is 4.74 Å². The van der Waals surface area contributed by atoms with Crippen LogP contribution in [-0.2, 0) is 0 Å². The van der Waals surface area contributed by atoms with Crippen molar-refractivity contribution in [2.45, 2.75) is 6.92 Å². The summed E-state index contributed by atoms with van der Waals surface area (Å²) in [6.07, 6.45) is 0. The summed E-state index contributed by atoms with van der Waals surface area (Å²) in [6.45, 7) is 1.89. The molecule has 0 spiro atoms. The molecule has 0 bridgehead atoms. The number of benzene rings is 1. The number of ether oxygens (including phenoxy) is 1. The van der Waals surface area contributed by atoms with Crippen LogP contribution in [0.15, 0.2) is 24.3 Å². The van der Waals surface area contributed by atoms with Gasteiger partial charge in [0.1, 0.15) is 10.8 Å². The molecule has 0 aliphatic carbocycles. The van der Waals surface area contributed by atoms with Crippen molar-refractivity contribution in [2.75, 3.05) is 5.43 Å². The molecular weight excluding hydrogens is 309 g/mol. The third kappa shape index (κ3) is 3.22. The zero-order valence-electron chi connectivity index (χ0n) is 9.88. The molecule has 0 radical (unpaired) electrons. The minimum Gasteiger partial charge on any atom is -0.437 e. The highest BCUT2D eigenvalue weighted by Gasteiger charge is 2.12. The van der Waals surface area contributed by atoms with E-state index in [2.05, 4.69) is 10.4 Å². The quantitative estimate of drug-likeness (QED) is 0.649. The Bertz CT molecular complexity index is 619. The molecule has 0 unspecified atom stereocenters. The van der Waals surface area contributed by atoms with E-state index in [0.29, 0.717) is 15.8 Å². The van der Waals surface area contributed by atoms with E-state index in [1.807, 2.05) is 13.0 Å². The number of anilines is 1. The summed E-state index contributed by atoms with van der Waals surface area (Å²) in [5.41, 5.74) is 3.27. The number of aryl methyl sites for hydroxylation is 1. The van der Waals surface area contributed by atoms with Gasteiger partial charge in [-0.15, -0.1) is 0 Å². The van der Waals surface area contributed by atoms with Crippen molar-refractivity contribution in [3.63, 3.8) is 0 Å². The Labute approximate surface area is 125 Å². The van der Waals surface area contributed by atoms with E-state index in [1.54, 1.807) is 12.1 Å². The third-order valence-corrected chi connectivity index (χ3v) is 3.18. The maximum absolute atomic E-state index is 6.03. The number of halogens is 3. The van der Waals surface area contributed by atoms with Crippen LogP contribution in [0.1, 0.15) is 5.56 Å². The lowest BCUT2D eigenvalue weighted by Crippen LogP contribution is -2.09. The highest BCUT2D eigenvalue weighted by Crippen LogP contribution is 2.34. The van der Waals surface area contributed by atoms with Crippen LogP contribution in [0.2, 0.25) is 15.1 Å². The summed E-state index contributed by atoms with van der Waals surface area (Å²) < 4.78 is 5.64. The third-order valence-electron chi connectivity index (χ3n) is 2.39. The number of pyridine rings is 1. The van der Waals surface area contributed by atoms with E-state index in [0.717, 1.165) is 5.56 Å². The standard InChI is InChI=1S/C12H10Cl3N3O/c1-6-2-3-7(13)4-10(6)19-12-9(15)5-8(14)11(17-12)18-16/h2-5H,16H2,1H3,(H,17,18). The molecule has 0 atom stereocenters. The summed E-state index contributed by atoms with van der Waals surface area (Å²) in [6, 6.07) is 6.79. The first kappa shape index (κ1) is 14.2. The SMILES string of the molecule is Cc1ccc(Cl)cc1Oc1nc(NN)c(Cl)cc1Cl. The van der Waals surface area contributed by atoms with E-state index < -0.39 is 0 Å². The predicted octanol–water partition coefficient (Wildman–Crippen LogP) is 4.43. The van der Waals surface area contributed by atoms with Crippen molar-refractivity contribution in [1.82, 2.24) is 4.98 Å². The summed E-state index contributed by atoms with van der Waals surface area (Å²) in [5, 5.41) is 1.15. The Morgan fingerprint density at radius 3 is 2.58 bits per heavy atom. The largest absolute Gasteiger partial charge is 0.437 e. The topological polar surface area (TPSA) is 60.2 Å². The maximum Gasteiger partial charge on any atom is 0.240 e. The number of rotatable bonds is 3. The molecule has 2 rings (SSSR count). The molecule has 3 N–H and O–H groups in total. The van der Waals surface area contributed by atoms with Gasteiger partial charge in [0.05, 0.1) is 5.02 Å². The first-order chi connectivity index (χ1) is 9.01. The molecule has 100 valence electrons. The van der Waals surface area contributed by atoms with Gasteiger partial charge < -0.3 is 10.2 Å². The van der Waals surface area contributed by atoms with Crippen molar-refractivity contribution >= 4 is 40.6 Å². The van der Waals surface area contributed by atoms with E-state index in [1.165, 1.54) is 6.07 Å². The number of nitrogen functional groups attached to an aromatic ring is 1. The smallest absolute Gasteiger partial charge is 0.240 e. The van der Waals surface area contributed by atoms with Crippen LogP contribution in [0, 0.1) is 6.92 Å². The Kier molecular flexibility index (Phi) is 4.37. The van der Waals surface area contributed by atoms with Gasteiger partial charge in [-0.05, 0) is 30.7 Å². The zero-order valence-corrected chi connectivity index (χ0v) is 12.1. The molecule has 4 nitrogen and oxygen atoms in total. The minimum absolute atomic E-state index is 0.199. The van der Waals surface area contributed by atoms with Crippen LogP contribution in [0.25, 0.3) is 0 Å². The number of hydrazine groups is 1. The van der Waals surface area contributed by atoms with Crippen LogP contribution < -0.4 is 16.0 Å². The molecule has 0 aliphatic rings. The molecule has 2 aromatic rings. The maximum atomic E-state index is 6.03. The second kappa shape index (κ2) is 5.84. The van der Waals surface area contributed by atoms with Crippen LogP contribution in [0.5, 0.6) is 11.6 Å². The molecule has 1 heterocycles. The summed E-state index contributed by atoms with van der Waals surface area (Å²) in [4.78, 5) is 4.09. The van der Waals surface area contributed by atoms with Crippen LogP contribution in [0.3, 0.4) is 0 Å². The molecule has 0 saturated heterocycles. The van der Waals surface area contributed by atoms with E-state index in [9.17, 15) is 0 Å². The highest BCUT2D eigenvalue weighted by molar-refractivity contribution is 6.36. The van der Waals surface area contributed by atoms with Crippen LogP contribution in [-0.4, -0.2) is 4.98 Å². The fourth-order valence-electron chi connectivity index (χ4n) is 1.41. The van der Waals surface area contributed by atoms with Gasteiger partial charge in [0.15, 0.2) is 5.82 Å². The Hall–Kier alpha value is -1.20. The molecule has 0 aliphatic heterocycles. The molecule has 7 heteroatoms. The van der Waals surface area contributed by atoms with Gasteiger partial charge in [0, 0.05) is 5.02 Å². The lowest BCUT2D eigenvalue weighted by atomic mass is 10.2. The van der Waals surface area contributed by atoms with Gasteiger partial charge >= 0.3 is 0 Å². The molecule has 0 saturated carbocycles. The van der Waals surface area contributed by atoms with Crippen molar-refractivity contribution in [3.05, 3.63) is 44.9 Å². The van der Waals surface area contributed by atoms with Gasteiger partial charge in [0.25, 0.3) is 0 Å². The molecule has 0 fully saturated rings. The number of nitrogens with two attached hydrogens (primary N) is 1. The molecule has 1 aromatic carbocycles. The first-order valence-corrected chi connectivity index (χ1v) is 6.41. The number of nitrogens with one attached hydrogen (secondary N) is 1. The summed E-state index contributed by atoms with van der Waals surface area (Å²) in [7, 11) is 0. The predicted molar refractivity (Wildman–Crippen MR) is 78.3 cm³/mol. The first-order valence-electron chi connectivity index (χ1n) is 5.28. The van der Waals surface area contributed by atoms with Crippen molar-refractivity contribution in [1.29, 1.82) is 0 Å². The zero-order chi connectivity index (χ0) is 14.0. The second-order valence-corrected chi connectivity index (χ2v) is 5.01. The van der Waals surface area contributed by atoms with Crippen LogP contribution >= 0.6 is 34.8 Å². The fraction of sp³-hybridized carbons (Fsp3) is 0.0833. The Morgan fingerprint density at radius 2 is 1.89 bits per heavy atom. The summed E-state index contributed by atoms with van der Waals surface area (Å²) in [5.74, 6) is 6.34. The number of nitrogens with zero attached hydrogens (tertiary/aromatic N) is 1. The number of hydrogen-bond acceptors (Lipinski definition) is 4. The van der Waals surface area contributed by atoms with Gasteiger partial charge in [-0.1, -0.05) is 40.9 Å². The average Bonchev–Trinajstić information content (AvgIpc) is 2.37. The average molecular weight is 319 g/mol. The normalized spacial score (nSPS) is 10.4. The second-order valence-electron chi connectivity index (χ2n) is 3.76. The highest BCUT2D eigenvalue weighted by atomic mass is 35.5. The number of aromatic nitrogens is 1. The van der Waals surface area contributed by atoms with Crippen molar-refractivity contribution in [2.24, 2.45) is 5.84 Å². The van der Waals surface area contributed by atoms with Gasteiger partial charge in [-0.2, -0.15) is 4.98 Å². The summed E-state index contributed by atoms with van der Waals surface area (Å²) >= 11 is 17.8. The Morgan fingerprint density at radius 1 is 1.16 bits per heavy atom. The lowest BCUT2D eigenvalue weighted by molar-refractivity contribution is 0.460. The van der Waals surface area contributed by atoms with E-state index in [-0.39, 0.29) is 16.7 Å². The minimum atomic E-state index is 0.199. The molecular formula is C12H10Cl3N3O. The monoisotopic (exact) mass is 317 g/mol. The fourth-order valence-corrected chi connectivity index (χ4v) is 2.02. The van der Waals surface area contributed by atoms with Gasteiger partial charge in [-0.3, -0.25) is 0 Å². The lowest BCUT2D eigenvalue weighted by Gasteiger charge is -2.11. The molecule has 0 amide bonds. The molecule has 19 heavy (non-hydrogen) atoms. The van der Waals surface area contributed by atoms with Crippen LogP contribution in [0.4, 0.5) is 5.82 Å². The Balaban J connectivity index is 2.40. The number of hydrogen-bond donors (Lipinski definition) is 2. The molecule has 1 aromatic heterocycles. The van der Waals surface area contributed by atoms with E-state index >= 15 is 0 Å². The van der Waals surface area contributed by atoms with E-state index in [4.69, 9.17) is 45.4 Å². The van der Waals surface area contributed by atoms with Gasteiger partial charge in [0.2, 0.25) is 5.88 Å². The van der Waals surface area contributed by atoms with Crippen molar-refractivity contribution in [3.8, 4) is 11.6 Å².